The number of pyridine rings is 1. The first-order valence-electron chi connectivity index (χ1n) is 11.8. The van der Waals surface area contributed by atoms with Crippen LogP contribution in [0.4, 0.5) is 0 Å². The number of likely N-dealkylation sites (tertiary alicyclic amines) is 1. The van der Waals surface area contributed by atoms with E-state index in [2.05, 4.69) is 57.5 Å². The summed E-state index contributed by atoms with van der Waals surface area (Å²) in [6.45, 7) is 6.13. The topological polar surface area (TPSA) is 79.7 Å². The lowest BCUT2D eigenvalue weighted by Crippen LogP contribution is -2.39. The van der Waals surface area contributed by atoms with Crippen LogP contribution in [0.25, 0.3) is 10.9 Å². The van der Waals surface area contributed by atoms with Gasteiger partial charge >= 0.3 is 0 Å². The van der Waals surface area contributed by atoms with Gasteiger partial charge < -0.3 is 4.98 Å². The predicted molar refractivity (Wildman–Crippen MR) is 121 cm³/mol. The summed E-state index contributed by atoms with van der Waals surface area (Å²) >= 11 is 0. The van der Waals surface area contributed by atoms with Gasteiger partial charge in [-0.25, -0.2) is 4.68 Å². The van der Waals surface area contributed by atoms with Crippen LogP contribution >= 0.6 is 0 Å². The van der Waals surface area contributed by atoms with Crippen LogP contribution < -0.4 is 5.56 Å². The second-order valence-corrected chi connectivity index (χ2v) is 9.35. The van der Waals surface area contributed by atoms with E-state index in [4.69, 9.17) is 0 Å². The Balaban J connectivity index is 1.64. The number of hydrogen-bond acceptors (Lipinski definition) is 5. The molecule has 1 aromatic carbocycles. The lowest BCUT2D eigenvalue weighted by Gasteiger charge is -2.34. The minimum Gasteiger partial charge on any atom is -0.322 e. The van der Waals surface area contributed by atoms with Crippen LogP contribution in [0.1, 0.15) is 86.0 Å². The SMILES string of the molecule is Cc1cc2cc(C(c3nnnn3C3CCCCC3)N3CCCCC3)c(=O)[nH]c2cc1C. The molecular weight excluding hydrogens is 388 g/mol. The van der Waals surface area contributed by atoms with Crippen molar-refractivity contribution in [3.63, 3.8) is 0 Å². The standard InChI is InChI=1S/C24H32N6O/c1-16-13-18-15-20(24(31)25-21(18)14-17(16)2)22(29-11-7-4-8-12-29)23-26-27-28-30(23)19-9-5-3-6-10-19/h13-15,19,22H,3-12H2,1-2H3,(H,25,31). The third kappa shape index (κ3) is 3.91. The predicted octanol–water partition coefficient (Wildman–Crippen LogP) is 4.21. The molecule has 7 nitrogen and oxygen atoms in total. The van der Waals surface area contributed by atoms with E-state index in [9.17, 15) is 4.79 Å². The highest BCUT2D eigenvalue weighted by Crippen LogP contribution is 2.34. The van der Waals surface area contributed by atoms with Crippen molar-refractivity contribution in [2.45, 2.75) is 77.3 Å². The first-order valence-corrected chi connectivity index (χ1v) is 11.8. The van der Waals surface area contributed by atoms with Crippen molar-refractivity contribution in [2.75, 3.05) is 13.1 Å². The van der Waals surface area contributed by atoms with E-state index in [-0.39, 0.29) is 11.6 Å². The monoisotopic (exact) mass is 420 g/mol. The molecule has 1 unspecified atom stereocenters. The summed E-state index contributed by atoms with van der Waals surface area (Å²) in [6, 6.07) is 6.42. The summed E-state index contributed by atoms with van der Waals surface area (Å²) < 4.78 is 2.03. The Kier molecular flexibility index (Phi) is 5.61. The summed E-state index contributed by atoms with van der Waals surface area (Å²) in [7, 11) is 0. The molecule has 2 aromatic heterocycles. The van der Waals surface area contributed by atoms with Crippen LogP contribution in [-0.2, 0) is 0 Å². The average Bonchev–Trinajstić information content (AvgIpc) is 3.26. The molecule has 2 fully saturated rings. The second kappa shape index (κ2) is 8.54. The lowest BCUT2D eigenvalue weighted by atomic mass is 9.94. The highest BCUT2D eigenvalue weighted by molar-refractivity contribution is 5.81. The molecule has 2 aliphatic rings. The van der Waals surface area contributed by atoms with Gasteiger partial charge in [-0.15, -0.1) is 5.10 Å². The average molecular weight is 421 g/mol. The van der Waals surface area contributed by atoms with Crippen LogP contribution in [0, 0.1) is 13.8 Å². The van der Waals surface area contributed by atoms with E-state index in [1.54, 1.807) is 0 Å². The third-order valence-corrected chi connectivity index (χ3v) is 7.22. The first-order chi connectivity index (χ1) is 15.1. The number of nitrogens with zero attached hydrogens (tertiary/aromatic N) is 5. The number of piperidine rings is 1. The van der Waals surface area contributed by atoms with Gasteiger partial charge in [-0.1, -0.05) is 25.7 Å². The molecule has 1 N–H and O–H groups in total. The highest BCUT2D eigenvalue weighted by Gasteiger charge is 2.33. The fourth-order valence-electron chi connectivity index (χ4n) is 5.34. The summed E-state index contributed by atoms with van der Waals surface area (Å²) in [5.74, 6) is 0.822. The van der Waals surface area contributed by atoms with E-state index in [0.717, 1.165) is 61.1 Å². The molecule has 0 radical (unpaired) electrons. The molecule has 0 amide bonds. The molecule has 1 aliphatic heterocycles. The second-order valence-electron chi connectivity index (χ2n) is 9.35. The van der Waals surface area contributed by atoms with Crippen LogP contribution in [0.2, 0.25) is 0 Å². The van der Waals surface area contributed by atoms with Gasteiger partial charge in [0.05, 0.1) is 6.04 Å². The number of hydrogen-bond donors (Lipinski definition) is 1. The number of benzene rings is 1. The molecule has 1 atom stereocenters. The number of H-pyrrole nitrogens is 1. The van der Waals surface area contributed by atoms with Crippen molar-refractivity contribution in [1.82, 2.24) is 30.1 Å². The molecule has 164 valence electrons. The van der Waals surface area contributed by atoms with Gasteiger partial charge in [0.1, 0.15) is 6.04 Å². The Morgan fingerprint density at radius 2 is 1.68 bits per heavy atom. The summed E-state index contributed by atoms with van der Waals surface area (Å²) in [5, 5.41) is 14.1. The smallest absolute Gasteiger partial charge is 0.253 e. The number of nitrogens with one attached hydrogen (secondary N) is 1. The molecule has 0 spiro atoms. The number of aromatic amines is 1. The molecule has 0 bridgehead atoms. The van der Waals surface area contributed by atoms with E-state index in [0.29, 0.717) is 6.04 Å². The number of aryl methyl sites for hydroxylation is 2. The maximum Gasteiger partial charge on any atom is 0.253 e. The zero-order valence-corrected chi connectivity index (χ0v) is 18.6. The van der Waals surface area contributed by atoms with Gasteiger partial charge in [0, 0.05) is 11.1 Å². The van der Waals surface area contributed by atoms with Crippen LogP contribution in [0.15, 0.2) is 23.0 Å². The Bertz CT molecular complexity index is 1120. The van der Waals surface area contributed by atoms with Gasteiger partial charge in [-0.3, -0.25) is 9.69 Å². The number of aromatic nitrogens is 5. The van der Waals surface area contributed by atoms with Gasteiger partial charge in [0.15, 0.2) is 5.82 Å². The van der Waals surface area contributed by atoms with Gasteiger partial charge in [0.2, 0.25) is 0 Å². The van der Waals surface area contributed by atoms with E-state index >= 15 is 0 Å². The maximum atomic E-state index is 13.3. The Hall–Kier alpha value is -2.54. The quantitative estimate of drug-likeness (QED) is 0.684. The lowest BCUT2D eigenvalue weighted by molar-refractivity contribution is 0.171. The molecule has 7 heteroatoms. The zero-order chi connectivity index (χ0) is 21.4. The molecule has 1 saturated carbocycles. The third-order valence-electron chi connectivity index (χ3n) is 7.22. The van der Waals surface area contributed by atoms with E-state index in [1.807, 2.05) is 4.68 Å². The van der Waals surface area contributed by atoms with Crippen molar-refractivity contribution in [1.29, 1.82) is 0 Å². The zero-order valence-electron chi connectivity index (χ0n) is 18.6. The molecule has 31 heavy (non-hydrogen) atoms. The highest BCUT2D eigenvalue weighted by atomic mass is 16.1. The fourth-order valence-corrected chi connectivity index (χ4v) is 5.34. The Morgan fingerprint density at radius 3 is 2.45 bits per heavy atom. The normalized spacial score (nSPS) is 19.7. The summed E-state index contributed by atoms with van der Waals surface area (Å²) in [4.78, 5) is 18.9. The largest absolute Gasteiger partial charge is 0.322 e. The van der Waals surface area contributed by atoms with E-state index in [1.165, 1.54) is 36.8 Å². The summed E-state index contributed by atoms with van der Waals surface area (Å²) in [5.41, 5.74) is 4.02. The molecular formula is C24H32N6O. The molecule has 3 aromatic rings. The fraction of sp³-hybridized carbons (Fsp3) is 0.583. The molecule has 1 aliphatic carbocycles. The molecule has 1 saturated heterocycles. The number of fused-ring (bicyclic) bond motifs is 1. The van der Waals surface area contributed by atoms with Gasteiger partial charge in [-0.2, -0.15) is 0 Å². The number of rotatable bonds is 4. The minimum absolute atomic E-state index is 0.0375. The first kappa shape index (κ1) is 20.4. The van der Waals surface area contributed by atoms with Crippen molar-refractivity contribution in [2.24, 2.45) is 0 Å². The van der Waals surface area contributed by atoms with Crippen molar-refractivity contribution < 1.29 is 0 Å². The van der Waals surface area contributed by atoms with Crippen molar-refractivity contribution >= 4 is 10.9 Å². The van der Waals surface area contributed by atoms with E-state index < -0.39 is 0 Å². The van der Waals surface area contributed by atoms with Gasteiger partial charge in [0.25, 0.3) is 5.56 Å². The Labute approximate surface area is 182 Å². The molecule has 3 heterocycles. The van der Waals surface area contributed by atoms with Crippen molar-refractivity contribution in [3.8, 4) is 0 Å². The molecule has 5 rings (SSSR count). The number of tetrazole rings is 1. The maximum absolute atomic E-state index is 13.3. The van der Waals surface area contributed by atoms with Crippen LogP contribution in [0.3, 0.4) is 0 Å². The van der Waals surface area contributed by atoms with Gasteiger partial charge in [-0.05, 0) is 97.8 Å². The van der Waals surface area contributed by atoms with Crippen molar-refractivity contribution in [3.05, 3.63) is 51.1 Å². The van der Waals surface area contributed by atoms with Crippen LogP contribution in [-0.4, -0.2) is 43.2 Å². The minimum atomic E-state index is -0.216. The Morgan fingerprint density at radius 1 is 0.968 bits per heavy atom. The summed E-state index contributed by atoms with van der Waals surface area (Å²) in [6.07, 6.45) is 9.46. The van der Waals surface area contributed by atoms with Crippen LogP contribution in [0.5, 0.6) is 0 Å².